The van der Waals surface area contributed by atoms with Gasteiger partial charge in [-0.05, 0) is 38.7 Å². The van der Waals surface area contributed by atoms with Crippen LogP contribution >= 0.6 is 0 Å². The van der Waals surface area contributed by atoms with Crippen molar-refractivity contribution in [2.45, 2.75) is 33.2 Å². The van der Waals surface area contributed by atoms with Crippen molar-refractivity contribution in [1.82, 2.24) is 24.5 Å². The molecule has 0 spiro atoms. The number of pyridine rings is 1. The summed E-state index contributed by atoms with van der Waals surface area (Å²) < 4.78 is 3.61. The van der Waals surface area contributed by atoms with Crippen LogP contribution < -0.4 is 5.32 Å². The first kappa shape index (κ1) is 14.9. The van der Waals surface area contributed by atoms with Crippen LogP contribution in [0.15, 0.2) is 18.5 Å². The molecule has 1 aliphatic carbocycles. The molecule has 0 unspecified atom stereocenters. The Morgan fingerprint density at radius 3 is 2.92 bits per heavy atom. The zero-order valence-electron chi connectivity index (χ0n) is 14.1. The van der Waals surface area contributed by atoms with E-state index in [0.717, 1.165) is 34.9 Å². The molecule has 0 atom stereocenters. The molecule has 3 aromatic rings. The molecular formula is C17H20N6O. The van der Waals surface area contributed by atoms with Crippen molar-refractivity contribution in [3.05, 3.63) is 35.4 Å². The Morgan fingerprint density at radius 1 is 1.38 bits per heavy atom. The molecule has 0 aliphatic heterocycles. The van der Waals surface area contributed by atoms with E-state index in [9.17, 15) is 4.79 Å². The van der Waals surface area contributed by atoms with E-state index in [4.69, 9.17) is 0 Å². The Balaban J connectivity index is 1.64. The third-order valence-corrected chi connectivity index (χ3v) is 4.37. The molecule has 0 saturated heterocycles. The maximum absolute atomic E-state index is 12.8. The summed E-state index contributed by atoms with van der Waals surface area (Å²) in [5, 5.41) is 12.4. The standard InChI is InChI=1S/C17H20N6O/c1-10-6-14(15-11(2)21-22(3)16(15)19-10)17(24)20-13-7-18-23(9-13)8-12-4-5-12/h6-7,9,12H,4-5,8H2,1-3H3,(H,20,24). The van der Waals surface area contributed by atoms with Crippen LogP contribution in [0.4, 0.5) is 5.69 Å². The zero-order chi connectivity index (χ0) is 16.8. The number of amides is 1. The molecule has 1 amide bonds. The van der Waals surface area contributed by atoms with E-state index in [1.165, 1.54) is 12.8 Å². The Kier molecular flexibility index (Phi) is 3.37. The number of nitrogens with zero attached hydrogens (tertiary/aromatic N) is 5. The number of hydrogen-bond acceptors (Lipinski definition) is 4. The molecule has 3 aromatic heterocycles. The van der Waals surface area contributed by atoms with Gasteiger partial charge in [-0.25, -0.2) is 4.98 Å². The maximum Gasteiger partial charge on any atom is 0.256 e. The lowest BCUT2D eigenvalue weighted by Crippen LogP contribution is -2.13. The zero-order valence-corrected chi connectivity index (χ0v) is 14.1. The van der Waals surface area contributed by atoms with E-state index in [0.29, 0.717) is 11.3 Å². The predicted molar refractivity (Wildman–Crippen MR) is 90.9 cm³/mol. The van der Waals surface area contributed by atoms with Crippen molar-refractivity contribution >= 4 is 22.6 Å². The van der Waals surface area contributed by atoms with Crippen LogP contribution in [0.5, 0.6) is 0 Å². The lowest BCUT2D eigenvalue weighted by atomic mass is 10.1. The number of aryl methyl sites for hydroxylation is 3. The first-order valence-electron chi connectivity index (χ1n) is 8.16. The Labute approximate surface area is 139 Å². The smallest absolute Gasteiger partial charge is 0.256 e. The van der Waals surface area contributed by atoms with Gasteiger partial charge in [0.15, 0.2) is 5.65 Å². The minimum Gasteiger partial charge on any atom is -0.319 e. The van der Waals surface area contributed by atoms with Crippen LogP contribution in [0.3, 0.4) is 0 Å². The average molecular weight is 324 g/mol. The monoisotopic (exact) mass is 324 g/mol. The molecule has 7 heteroatoms. The summed E-state index contributed by atoms with van der Waals surface area (Å²) in [6.07, 6.45) is 6.13. The molecule has 4 rings (SSSR count). The first-order chi connectivity index (χ1) is 11.5. The minimum absolute atomic E-state index is 0.160. The SMILES string of the molecule is Cc1cc(C(=O)Nc2cnn(CC3CC3)c2)c2c(C)nn(C)c2n1. The van der Waals surface area contributed by atoms with Gasteiger partial charge in [0.2, 0.25) is 0 Å². The van der Waals surface area contributed by atoms with Gasteiger partial charge in [-0.3, -0.25) is 14.2 Å². The fourth-order valence-corrected chi connectivity index (χ4v) is 3.04. The summed E-state index contributed by atoms with van der Waals surface area (Å²) in [6.45, 7) is 4.70. The fourth-order valence-electron chi connectivity index (χ4n) is 3.04. The molecular weight excluding hydrogens is 304 g/mol. The lowest BCUT2D eigenvalue weighted by molar-refractivity contribution is 0.102. The van der Waals surface area contributed by atoms with Crippen molar-refractivity contribution in [3.8, 4) is 0 Å². The second-order valence-electron chi connectivity index (χ2n) is 6.57. The van der Waals surface area contributed by atoms with E-state index in [1.807, 2.05) is 31.8 Å². The molecule has 7 nitrogen and oxygen atoms in total. The fraction of sp³-hybridized carbons (Fsp3) is 0.412. The van der Waals surface area contributed by atoms with Crippen LogP contribution in [-0.2, 0) is 13.6 Å². The first-order valence-corrected chi connectivity index (χ1v) is 8.16. The summed E-state index contributed by atoms with van der Waals surface area (Å²) in [7, 11) is 1.84. The van der Waals surface area contributed by atoms with Crippen molar-refractivity contribution in [2.24, 2.45) is 13.0 Å². The van der Waals surface area contributed by atoms with Crippen LogP contribution in [0, 0.1) is 19.8 Å². The summed E-state index contributed by atoms with van der Waals surface area (Å²) in [5.74, 6) is 0.585. The van der Waals surface area contributed by atoms with Gasteiger partial charge in [0.25, 0.3) is 5.91 Å². The number of fused-ring (bicyclic) bond motifs is 1. The molecule has 124 valence electrons. The molecule has 0 bridgehead atoms. The normalized spacial score (nSPS) is 14.3. The third-order valence-electron chi connectivity index (χ3n) is 4.37. The Morgan fingerprint density at radius 2 is 2.17 bits per heavy atom. The predicted octanol–water partition coefficient (Wildman–Crippen LogP) is 2.44. The van der Waals surface area contributed by atoms with Crippen molar-refractivity contribution in [3.63, 3.8) is 0 Å². The summed E-state index contributed by atoms with van der Waals surface area (Å²) >= 11 is 0. The van der Waals surface area contributed by atoms with E-state index in [1.54, 1.807) is 16.9 Å². The van der Waals surface area contributed by atoms with E-state index >= 15 is 0 Å². The number of hydrogen-bond donors (Lipinski definition) is 1. The number of anilines is 1. The van der Waals surface area contributed by atoms with E-state index < -0.39 is 0 Å². The van der Waals surface area contributed by atoms with Crippen molar-refractivity contribution in [2.75, 3.05) is 5.32 Å². The van der Waals surface area contributed by atoms with Gasteiger partial charge in [-0.15, -0.1) is 0 Å². The summed E-state index contributed by atoms with van der Waals surface area (Å²) in [5.41, 5.74) is 3.62. The molecule has 0 aromatic carbocycles. The van der Waals surface area contributed by atoms with Gasteiger partial charge in [0.05, 0.1) is 28.5 Å². The van der Waals surface area contributed by atoms with Gasteiger partial charge >= 0.3 is 0 Å². The van der Waals surface area contributed by atoms with Crippen molar-refractivity contribution < 1.29 is 4.79 Å². The van der Waals surface area contributed by atoms with E-state index in [2.05, 4.69) is 20.5 Å². The number of aromatic nitrogens is 5. The Bertz CT molecular complexity index is 934. The summed E-state index contributed by atoms with van der Waals surface area (Å²) in [6, 6.07) is 1.81. The largest absolute Gasteiger partial charge is 0.319 e. The number of carbonyl (C=O) groups excluding carboxylic acids is 1. The highest BCUT2D eigenvalue weighted by molar-refractivity contribution is 6.12. The quantitative estimate of drug-likeness (QED) is 0.799. The molecule has 1 aliphatic rings. The van der Waals surface area contributed by atoms with Gasteiger partial charge in [0.1, 0.15) is 0 Å². The second kappa shape index (κ2) is 5.43. The highest BCUT2D eigenvalue weighted by Gasteiger charge is 2.22. The maximum atomic E-state index is 12.8. The highest BCUT2D eigenvalue weighted by atomic mass is 16.1. The van der Waals surface area contributed by atoms with Crippen LogP contribution in [0.25, 0.3) is 11.0 Å². The topological polar surface area (TPSA) is 77.6 Å². The molecule has 3 heterocycles. The highest BCUT2D eigenvalue weighted by Crippen LogP contribution is 2.30. The second-order valence-corrected chi connectivity index (χ2v) is 6.57. The van der Waals surface area contributed by atoms with Gasteiger partial charge < -0.3 is 5.32 Å². The number of nitrogens with one attached hydrogen (secondary N) is 1. The van der Waals surface area contributed by atoms with Crippen LogP contribution in [0.2, 0.25) is 0 Å². The van der Waals surface area contributed by atoms with E-state index in [-0.39, 0.29) is 5.91 Å². The third kappa shape index (κ3) is 2.66. The average Bonchev–Trinajstić information content (AvgIpc) is 3.16. The van der Waals surface area contributed by atoms with Gasteiger partial charge in [-0.1, -0.05) is 0 Å². The molecule has 24 heavy (non-hydrogen) atoms. The van der Waals surface area contributed by atoms with Gasteiger partial charge in [-0.2, -0.15) is 10.2 Å². The van der Waals surface area contributed by atoms with Gasteiger partial charge in [0, 0.05) is 25.5 Å². The summed E-state index contributed by atoms with van der Waals surface area (Å²) in [4.78, 5) is 17.3. The molecule has 0 radical (unpaired) electrons. The minimum atomic E-state index is -0.160. The molecule has 1 fully saturated rings. The number of carbonyl (C=O) groups is 1. The number of rotatable bonds is 4. The van der Waals surface area contributed by atoms with Crippen molar-refractivity contribution in [1.29, 1.82) is 0 Å². The lowest BCUT2D eigenvalue weighted by Gasteiger charge is -2.06. The molecule has 1 N–H and O–H groups in total. The Hall–Kier alpha value is -2.70. The van der Waals surface area contributed by atoms with Crippen LogP contribution in [-0.4, -0.2) is 30.5 Å². The molecule has 1 saturated carbocycles. The van der Waals surface area contributed by atoms with Crippen LogP contribution in [0.1, 0.15) is 34.6 Å².